The summed E-state index contributed by atoms with van der Waals surface area (Å²) < 4.78 is 1.02. The Labute approximate surface area is 154 Å². The number of thioether (sulfide) groups is 1. The molecule has 24 heavy (non-hydrogen) atoms. The fourth-order valence-electron chi connectivity index (χ4n) is 3.20. The van der Waals surface area contributed by atoms with E-state index < -0.39 is 0 Å². The summed E-state index contributed by atoms with van der Waals surface area (Å²) in [6, 6.07) is 8.40. The molecule has 7 heteroatoms. The van der Waals surface area contributed by atoms with Gasteiger partial charge in [0.2, 0.25) is 5.91 Å². The molecule has 2 heterocycles. The number of benzene rings is 1. The van der Waals surface area contributed by atoms with Crippen LogP contribution >= 0.6 is 27.7 Å². The van der Waals surface area contributed by atoms with Gasteiger partial charge in [-0.1, -0.05) is 40.5 Å². The SMILES string of the molecule is O=C(CCCC[C@@H]1SC[C@@H]2NC(=O)N[C@@H]21)NCc1ccccc1Br. The van der Waals surface area contributed by atoms with Crippen molar-refractivity contribution in [3.8, 4) is 0 Å². The molecular weight excluding hydrogens is 390 g/mol. The zero-order valence-electron chi connectivity index (χ0n) is 13.4. The number of amides is 3. The number of unbranched alkanes of at least 4 members (excludes halogenated alkanes) is 1. The van der Waals surface area contributed by atoms with E-state index in [-0.39, 0.29) is 24.0 Å². The van der Waals surface area contributed by atoms with Crippen molar-refractivity contribution in [3.63, 3.8) is 0 Å². The summed E-state index contributed by atoms with van der Waals surface area (Å²) in [6.45, 7) is 0.556. The van der Waals surface area contributed by atoms with E-state index in [0.717, 1.165) is 35.1 Å². The Bertz CT molecular complexity index is 613. The summed E-state index contributed by atoms with van der Waals surface area (Å²) in [5.74, 6) is 1.08. The van der Waals surface area contributed by atoms with Gasteiger partial charge in [0.05, 0.1) is 12.1 Å². The van der Waals surface area contributed by atoms with Crippen LogP contribution in [0.15, 0.2) is 28.7 Å². The summed E-state index contributed by atoms with van der Waals surface area (Å²) in [5, 5.41) is 9.40. The Hall–Kier alpha value is -1.21. The van der Waals surface area contributed by atoms with Crippen molar-refractivity contribution in [2.24, 2.45) is 0 Å². The molecule has 0 saturated carbocycles. The Balaban J connectivity index is 1.31. The zero-order valence-corrected chi connectivity index (χ0v) is 15.8. The van der Waals surface area contributed by atoms with E-state index in [4.69, 9.17) is 0 Å². The fourth-order valence-corrected chi connectivity index (χ4v) is 5.17. The van der Waals surface area contributed by atoms with E-state index in [1.165, 1.54) is 0 Å². The van der Waals surface area contributed by atoms with Crippen LogP contribution in [-0.4, -0.2) is 35.0 Å². The normalized spacial score (nSPS) is 25.0. The molecule has 3 atom stereocenters. The number of carbonyl (C=O) groups is 2. The van der Waals surface area contributed by atoms with E-state index in [1.54, 1.807) is 0 Å². The third-order valence-corrected chi connectivity index (χ3v) is 6.80. The summed E-state index contributed by atoms with van der Waals surface area (Å²) in [5.41, 5.74) is 1.09. The first kappa shape index (κ1) is 17.6. The molecule has 3 rings (SSSR count). The number of hydrogen-bond donors (Lipinski definition) is 3. The number of urea groups is 1. The molecule has 1 aromatic carbocycles. The van der Waals surface area contributed by atoms with Gasteiger partial charge in [0, 0.05) is 28.4 Å². The quantitative estimate of drug-likeness (QED) is 0.477. The molecule has 1 aromatic rings. The lowest BCUT2D eigenvalue weighted by atomic mass is 10.0. The molecule has 5 nitrogen and oxygen atoms in total. The van der Waals surface area contributed by atoms with Crippen LogP contribution in [0.4, 0.5) is 4.79 Å². The summed E-state index contributed by atoms with van der Waals surface area (Å²) in [4.78, 5) is 23.3. The predicted octanol–water partition coefficient (Wildman–Crippen LogP) is 2.79. The molecule has 2 saturated heterocycles. The highest BCUT2D eigenvalue weighted by molar-refractivity contribution is 9.10. The van der Waals surface area contributed by atoms with Gasteiger partial charge in [-0.25, -0.2) is 4.79 Å². The van der Waals surface area contributed by atoms with Crippen LogP contribution in [0.25, 0.3) is 0 Å². The molecule has 0 aromatic heterocycles. The van der Waals surface area contributed by atoms with Crippen molar-refractivity contribution in [1.82, 2.24) is 16.0 Å². The smallest absolute Gasteiger partial charge is 0.315 e. The van der Waals surface area contributed by atoms with Gasteiger partial charge in [-0.05, 0) is 24.5 Å². The molecule has 2 aliphatic rings. The standard InChI is InChI=1S/C17H22BrN3O2S/c18-12-6-2-1-5-11(12)9-19-15(22)8-4-3-7-14-16-13(10-24-14)20-17(23)21-16/h1-2,5-6,13-14,16H,3-4,7-10H2,(H,19,22)(H2,20,21,23)/t13-,14-,16-/m0/s1. The monoisotopic (exact) mass is 411 g/mol. The van der Waals surface area contributed by atoms with Crippen LogP contribution in [0.3, 0.4) is 0 Å². The maximum Gasteiger partial charge on any atom is 0.315 e. The van der Waals surface area contributed by atoms with E-state index in [0.29, 0.717) is 18.2 Å². The van der Waals surface area contributed by atoms with Crippen molar-refractivity contribution in [1.29, 1.82) is 0 Å². The number of fused-ring (bicyclic) bond motifs is 1. The third kappa shape index (κ3) is 4.45. The van der Waals surface area contributed by atoms with Gasteiger partial charge in [0.15, 0.2) is 0 Å². The van der Waals surface area contributed by atoms with Crippen molar-refractivity contribution in [2.75, 3.05) is 5.75 Å². The first-order valence-electron chi connectivity index (χ1n) is 8.32. The molecular formula is C17H22BrN3O2S. The van der Waals surface area contributed by atoms with Crippen molar-refractivity contribution >= 4 is 39.6 Å². The number of carbonyl (C=O) groups excluding carboxylic acids is 2. The molecule has 130 valence electrons. The number of nitrogens with one attached hydrogen (secondary N) is 3. The third-order valence-electron chi connectivity index (χ3n) is 4.51. The molecule has 0 radical (unpaired) electrons. The lowest BCUT2D eigenvalue weighted by molar-refractivity contribution is -0.121. The fraction of sp³-hybridized carbons (Fsp3) is 0.529. The first-order chi connectivity index (χ1) is 11.6. The number of hydrogen-bond acceptors (Lipinski definition) is 3. The van der Waals surface area contributed by atoms with E-state index in [2.05, 4.69) is 31.9 Å². The molecule has 0 spiro atoms. The molecule has 0 bridgehead atoms. The largest absolute Gasteiger partial charge is 0.352 e. The Morgan fingerprint density at radius 1 is 1.29 bits per heavy atom. The minimum atomic E-state index is -0.0400. The summed E-state index contributed by atoms with van der Waals surface area (Å²) in [7, 11) is 0. The average molecular weight is 412 g/mol. The van der Waals surface area contributed by atoms with E-state index in [9.17, 15) is 9.59 Å². The average Bonchev–Trinajstić information content (AvgIpc) is 3.10. The zero-order chi connectivity index (χ0) is 16.9. The first-order valence-corrected chi connectivity index (χ1v) is 10.2. The van der Waals surface area contributed by atoms with E-state index in [1.807, 2.05) is 36.0 Å². The number of halogens is 1. The van der Waals surface area contributed by atoms with Crippen molar-refractivity contribution in [2.45, 2.75) is 49.6 Å². The second kappa shape index (κ2) is 8.25. The summed E-state index contributed by atoms with van der Waals surface area (Å²) >= 11 is 5.41. The van der Waals surface area contributed by atoms with Gasteiger partial charge in [-0.15, -0.1) is 0 Å². The lowest BCUT2D eigenvalue weighted by Gasteiger charge is -2.16. The van der Waals surface area contributed by atoms with Gasteiger partial charge in [-0.3, -0.25) is 4.79 Å². The second-order valence-electron chi connectivity index (χ2n) is 6.24. The van der Waals surface area contributed by atoms with Crippen LogP contribution in [0.5, 0.6) is 0 Å². The van der Waals surface area contributed by atoms with Crippen LogP contribution in [0, 0.1) is 0 Å². The van der Waals surface area contributed by atoms with Gasteiger partial charge in [0.1, 0.15) is 0 Å². The predicted molar refractivity (Wildman–Crippen MR) is 99.9 cm³/mol. The maximum absolute atomic E-state index is 12.0. The molecule has 2 fully saturated rings. The molecule has 2 aliphatic heterocycles. The molecule has 0 unspecified atom stereocenters. The highest BCUT2D eigenvalue weighted by atomic mass is 79.9. The Morgan fingerprint density at radius 2 is 2.12 bits per heavy atom. The van der Waals surface area contributed by atoms with Gasteiger partial charge in [0.25, 0.3) is 0 Å². The maximum atomic E-state index is 12.0. The molecule has 3 amide bonds. The minimum Gasteiger partial charge on any atom is -0.352 e. The Morgan fingerprint density at radius 3 is 2.96 bits per heavy atom. The minimum absolute atomic E-state index is 0.0400. The highest BCUT2D eigenvalue weighted by Gasteiger charge is 2.42. The van der Waals surface area contributed by atoms with Gasteiger partial charge in [-0.2, -0.15) is 11.8 Å². The number of rotatable bonds is 7. The van der Waals surface area contributed by atoms with Gasteiger partial charge < -0.3 is 16.0 Å². The van der Waals surface area contributed by atoms with E-state index >= 15 is 0 Å². The van der Waals surface area contributed by atoms with Crippen LogP contribution < -0.4 is 16.0 Å². The van der Waals surface area contributed by atoms with Crippen LogP contribution in [-0.2, 0) is 11.3 Å². The topological polar surface area (TPSA) is 70.2 Å². The lowest BCUT2D eigenvalue weighted by Crippen LogP contribution is -2.36. The van der Waals surface area contributed by atoms with Crippen molar-refractivity contribution < 1.29 is 9.59 Å². The van der Waals surface area contributed by atoms with Crippen LogP contribution in [0.1, 0.15) is 31.2 Å². The van der Waals surface area contributed by atoms with Crippen molar-refractivity contribution in [3.05, 3.63) is 34.3 Å². The molecule has 0 aliphatic carbocycles. The Kier molecular flexibility index (Phi) is 6.05. The second-order valence-corrected chi connectivity index (χ2v) is 8.36. The molecule has 3 N–H and O–H groups in total. The summed E-state index contributed by atoms with van der Waals surface area (Å²) in [6.07, 6.45) is 3.50. The van der Waals surface area contributed by atoms with Gasteiger partial charge >= 0.3 is 6.03 Å². The highest BCUT2D eigenvalue weighted by Crippen LogP contribution is 2.33. The van der Waals surface area contributed by atoms with Crippen LogP contribution in [0.2, 0.25) is 0 Å².